The first kappa shape index (κ1) is 18.4. The van der Waals surface area contributed by atoms with Crippen LogP contribution in [0, 0.1) is 6.92 Å². The Morgan fingerprint density at radius 3 is 2.48 bits per heavy atom. The van der Waals surface area contributed by atoms with Crippen LogP contribution in [-0.4, -0.2) is 25.1 Å². The number of rotatable bonds is 7. The van der Waals surface area contributed by atoms with Crippen molar-refractivity contribution in [3.05, 3.63) is 47.9 Å². The average Bonchev–Trinajstić information content (AvgIpc) is 3.02. The number of amides is 3. The molecule has 134 valence electrons. The number of benzene rings is 1. The molecule has 1 atom stereocenters. The number of carbonyl (C=O) groups is 2. The highest BCUT2D eigenvalue weighted by Gasteiger charge is 2.13. The van der Waals surface area contributed by atoms with Gasteiger partial charge in [0.25, 0.3) is 0 Å². The monoisotopic (exact) mass is 345 g/mol. The van der Waals surface area contributed by atoms with Crippen LogP contribution in [-0.2, 0) is 4.79 Å². The Bertz CT molecular complexity index is 709. The smallest absolute Gasteiger partial charge is 0.315 e. The number of nitrogens with one attached hydrogen (secondary N) is 3. The quantitative estimate of drug-likeness (QED) is 0.719. The number of hydrogen-bond acceptors (Lipinski definition) is 4. The highest BCUT2D eigenvalue weighted by Crippen LogP contribution is 2.16. The molecule has 0 aliphatic rings. The number of urea groups is 1. The summed E-state index contributed by atoms with van der Waals surface area (Å²) in [4.78, 5) is 23.7. The van der Waals surface area contributed by atoms with Gasteiger partial charge >= 0.3 is 6.03 Å². The summed E-state index contributed by atoms with van der Waals surface area (Å²) < 4.78 is 10.8. The van der Waals surface area contributed by atoms with E-state index in [0.29, 0.717) is 18.1 Å². The summed E-state index contributed by atoms with van der Waals surface area (Å²) in [7, 11) is 0. The van der Waals surface area contributed by atoms with E-state index in [1.807, 2.05) is 19.9 Å². The molecule has 7 heteroatoms. The first-order valence-electron chi connectivity index (χ1n) is 8.11. The van der Waals surface area contributed by atoms with Crippen molar-refractivity contribution < 1.29 is 18.7 Å². The molecule has 0 saturated heterocycles. The van der Waals surface area contributed by atoms with E-state index < -0.39 is 6.03 Å². The lowest BCUT2D eigenvalue weighted by atomic mass is 10.2. The van der Waals surface area contributed by atoms with Crippen molar-refractivity contribution in [2.24, 2.45) is 0 Å². The predicted molar refractivity (Wildman–Crippen MR) is 94.6 cm³/mol. The molecule has 0 saturated carbocycles. The van der Waals surface area contributed by atoms with E-state index in [1.165, 1.54) is 0 Å². The van der Waals surface area contributed by atoms with Crippen molar-refractivity contribution >= 4 is 17.6 Å². The van der Waals surface area contributed by atoms with E-state index in [1.54, 1.807) is 37.3 Å². The molecule has 7 nitrogen and oxygen atoms in total. The third-order valence-electron chi connectivity index (χ3n) is 3.39. The molecule has 0 aliphatic carbocycles. The Kier molecular flexibility index (Phi) is 6.45. The zero-order valence-corrected chi connectivity index (χ0v) is 14.6. The Morgan fingerprint density at radius 1 is 1.16 bits per heavy atom. The van der Waals surface area contributed by atoms with Crippen molar-refractivity contribution in [1.82, 2.24) is 10.6 Å². The number of carbonyl (C=O) groups excluding carboxylic acids is 2. The molecule has 0 unspecified atom stereocenters. The minimum Gasteiger partial charge on any atom is -0.494 e. The second-order valence-corrected chi connectivity index (χ2v) is 5.50. The lowest BCUT2D eigenvalue weighted by Gasteiger charge is -2.13. The van der Waals surface area contributed by atoms with Gasteiger partial charge in [0.05, 0.1) is 19.2 Å². The van der Waals surface area contributed by atoms with E-state index in [0.717, 1.165) is 11.5 Å². The molecule has 2 aromatic rings. The number of ether oxygens (including phenoxy) is 1. The van der Waals surface area contributed by atoms with Crippen molar-refractivity contribution in [1.29, 1.82) is 0 Å². The number of hydrogen-bond donors (Lipinski definition) is 3. The largest absolute Gasteiger partial charge is 0.494 e. The van der Waals surface area contributed by atoms with Crippen LogP contribution in [0.2, 0.25) is 0 Å². The van der Waals surface area contributed by atoms with Gasteiger partial charge in [-0.3, -0.25) is 4.79 Å². The minimum atomic E-state index is -0.441. The summed E-state index contributed by atoms with van der Waals surface area (Å²) in [5.41, 5.74) is 0.634. The summed E-state index contributed by atoms with van der Waals surface area (Å²) in [5.74, 6) is 1.85. The number of anilines is 1. The molecule has 2 rings (SSSR count). The first-order valence-corrected chi connectivity index (χ1v) is 8.11. The number of furan rings is 1. The van der Waals surface area contributed by atoms with Crippen molar-refractivity contribution in [2.45, 2.75) is 26.8 Å². The van der Waals surface area contributed by atoms with Crippen molar-refractivity contribution in [2.75, 3.05) is 18.5 Å². The van der Waals surface area contributed by atoms with Crippen LogP contribution in [0.3, 0.4) is 0 Å². The van der Waals surface area contributed by atoms with Crippen LogP contribution in [0.1, 0.15) is 31.4 Å². The van der Waals surface area contributed by atoms with E-state index >= 15 is 0 Å². The van der Waals surface area contributed by atoms with Gasteiger partial charge in [0.2, 0.25) is 5.91 Å². The normalized spacial score (nSPS) is 11.5. The fraction of sp³-hybridized carbons (Fsp3) is 0.333. The average molecular weight is 345 g/mol. The van der Waals surface area contributed by atoms with Gasteiger partial charge in [0, 0.05) is 5.69 Å². The molecule has 1 aromatic heterocycles. The number of aryl methyl sites for hydroxylation is 1. The summed E-state index contributed by atoms with van der Waals surface area (Å²) in [5, 5.41) is 7.92. The highest BCUT2D eigenvalue weighted by atomic mass is 16.5. The lowest BCUT2D eigenvalue weighted by Crippen LogP contribution is -2.40. The van der Waals surface area contributed by atoms with E-state index in [2.05, 4.69) is 16.0 Å². The molecular formula is C18H23N3O4. The Hall–Kier alpha value is -2.96. The predicted octanol–water partition coefficient (Wildman–Crippen LogP) is 2.99. The van der Waals surface area contributed by atoms with Gasteiger partial charge in [-0.25, -0.2) is 4.79 Å². The molecule has 0 aliphatic heterocycles. The molecule has 1 heterocycles. The fourth-order valence-corrected chi connectivity index (χ4v) is 2.17. The molecule has 0 spiro atoms. The van der Waals surface area contributed by atoms with Gasteiger partial charge in [-0.1, -0.05) is 0 Å². The van der Waals surface area contributed by atoms with Gasteiger partial charge in [0.15, 0.2) is 0 Å². The second-order valence-electron chi connectivity index (χ2n) is 5.50. The highest BCUT2D eigenvalue weighted by molar-refractivity contribution is 5.94. The van der Waals surface area contributed by atoms with Crippen molar-refractivity contribution in [3.63, 3.8) is 0 Å². The zero-order chi connectivity index (χ0) is 18.2. The molecule has 1 aromatic carbocycles. The Morgan fingerprint density at radius 2 is 1.88 bits per heavy atom. The van der Waals surface area contributed by atoms with Crippen LogP contribution < -0.4 is 20.7 Å². The van der Waals surface area contributed by atoms with Gasteiger partial charge in [-0.05, 0) is 57.2 Å². The third-order valence-corrected chi connectivity index (χ3v) is 3.39. The summed E-state index contributed by atoms with van der Waals surface area (Å²) >= 11 is 0. The SMILES string of the molecule is CCOc1ccc(NC(=O)CNC(=O)N[C@@H](C)c2ccc(C)o2)cc1. The first-order chi connectivity index (χ1) is 12.0. The summed E-state index contributed by atoms with van der Waals surface area (Å²) in [6.07, 6.45) is 0. The van der Waals surface area contributed by atoms with E-state index in [9.17, 15) is 9.59 Å². The zero-order valence-electron chi connectivity index (χ0n) is 14.6. The van der Waals surface area contributed by atoms with Gasteiger partial charge < -0.3 is 25.1 Å². The van der Waals surface area contributed by atoms with Crippen LogP contribution >= 0.6 is 0 Å². The van der Waals surface area contributed by atoms with Crippen LogP contribution in [0.25, 0.3) is 0 Å². The maximum atomic E-state index is 11.9. The molecule has 0 bridgehead atoms. The summed E-state index contributed by atoms with van der Waals surface area (Å²) in [6.45, 7) is 5.99. The van der Waals surface area contributed by atoms with Crippen molar-refractivity contribution in [3.8, 4) is 5.75 Å². The van der Waals surface area contributed by atoms with E-state index in [-0.39, 0.29) is 18.5 Å². The molecule has 0 fully saturated rings. The molecular weight excluding hydrogens is 322 g/mol. The molecule has 0 radical (unpaired) electrons. The van der Waals surface area contributed by atoms with Gasteiger partial charge in [-0.15, -0.1) is 0 Å². The Balaban J connectivity index is 1.74. The van der Waals surface area contributed by atoms with Crippen LogP contribution in [0.5, 0.6) is 5.75 Å². The summed E-state index contributed by atoms with van der Waals surface area (Å²) in [6, 6.07) is 9.92. The maximum Gasteiger partial charge on any atom is 0.315 e. The standard InChI is InChI=1S/C18H23N3O4/c1-4-24-15-8-6-14(7-9-15)21-17(22)11-19-18(23)20-13(3)16-10-5-12(2)25-16/h5-10,13H,4,11H2,1-3H3,(H,21,22)(H2,19,20,23)/t13-/m0/s1. The Labute approximate surface area is 146 Å². The topological polar surface area (TPSA) is 92.6 Å². The molecule has 25 heavy (non-hydrogen) atoms. The molecule has 3 N–H and O–H groups in total. The maximum absolute atomic E-state index is 11.9. The van der Waals surface area contributed by atoms with Gasteiger partial charge in [0.1, 0.15) is 17.3 Å². The van der Waals surface area contributed by atoms with Gasteiger partial charge in [-0.2, -0.15) is 0 Å². The van der Waals surface area contributed by atoms with E-state index in [4.69, 9.17) is 9.15 Å². The third kappa shape index (κ3) is 5.87. The van der Waals surface area contributed by atoms with Crippen LogP contribution in [0.4, 0.5) is 10.5 Å². The molecule has 3 amide bonds. The lowest BCUT2D eigenvalue weighted by molar-refractivity contribution is -0.115. The minimum absolute atomic E-state index is 0.136. The van der Waals surface area contributed by atoms with Crippen LogP contribution in [0.15, 0.2) is 40.8 Å². The second kappa shape index (κ2) is 8.77. The fourth-order valence-electron chi connectivity index (χ4n) is 2.17.